The van der Waals surface area contributed by atoms with E-state index in [0.717, 1.165) is 6.42 Å². The average molecular weight is 342 g/mol. The fraction of sp³-hybridized carbons (Fsp3) is 0.400. The molecular formula is C15H16F2N2O3S. The highest BCUT2D eigenvalue weighted by Gasteiger charge is 2.36. The van der Waals surface area contributed by atoms with Crippen LogP contribution in [0.25, 0.3) is 0 Å². The first-order chi connectivity index (χ1) is 11.0. The van der Waals surface area contributed by atoms with E-state index < -0.39 is 16.4 Å². The number of alkyl halides is 2. The minimum atomic E-state index is -3.56. The molecule has 5 nitrogen and oxygen atoms in total. The van der Waals surface area contributed by atoms with Crippen molar-refractivity contribution in [3.63, 3.8) is 0 Å². The highest BCUT2D eigenvalue weighted by Crippen LogP contribution is 2.34. The summed E-state index contributed by atoms with van der Waals surface area (Å²) in [6, 6.07) is 6.72. The van der Waals surface area contributed by atoms with E-state index >= 15 is 0 Å². The molecule has 0 spiro atoms. The summed E-state index contributed by atoms with van der Waals surface area (Å²) in [6.45, 7) is 0.426. The fourth-order valence-corrected chi connectivity index (χ4v) is 4.60. The largest absolute Gasteiger partial charge is 0.364 e. The maximum absolute atomic E-state index is 12.6. The van der Waals surface area contributed by atoms with Gasteiger partial charge >= 0.3 is 0 Å². The Morgan fingerprint density at radius 2 is 2.00 bits per heavy atom. The second-order valence-electron chi connectivity index (χ2n) is 5.49. The molecular weight excluding hydrogens is 326 g/mol. The van der Waals surface area contributed by atoms with Crippen LogP contribution in [-0.4, -0.2) is 24.4 Å². The Bertz CT molecular complexity index is 746. The predicted octanol–water partition coefficient (Wildman–Crippen LogP) is 3.28. The van der Waals surface area contributed by atoms with Gasteiger partial charge < -0.3 is 4.52 Å². The Labute approximate surface area is 132 Å². The predicted molar refractivity (Wildman–Crippen MR) is 79.2 cm³/mol. The molecule has 23 heavy (non-hydrogen) atoms. The van der Waals surface area contributed by atoms with Crippen LogP contribution in [0.4, 0.5) is 8.78 Å². The smallest absolute Gasteiger partial charge is 0.263 e. The zero-order chi connectivity index (χ0) is 16.4. The monoisotopic (exact) mass is 342 g/mol. The van der Waals surface area contributed by atoms with Crippen LogP contribution in [-0.2, 0) is 15.8 Å². The van der Waals surface area contributed by atoms with Crippen LogP contribution in [0.3, 0.4) is 0 Å². The number of hydrogen-bond donors (Lipinski definition) is 0. The van der Waals surface area contributed by atoms with Gasteiger partial charge in [0.15, 0.2) is 0 Å². The molecule has 124 valence electrons. The molecule has 0 aliphatic carbocycles. The lowest BCUT2D eigenvalue weighted by molar-refractivity contribution is 0.151. The summed E-state index contributed by atoms with van der Waals surface area (Å²) in [7, 11) is -3.56. The van der Waals surface area contributed by atoms with E-state index in [1.807, 2.05) is 0 Å². The highest BCUT2D eigenvalue weighted by atomic mass is 32.2. The van der Waals surface area contributed by atoms with Gasteiger partial charge in [0.1, 0.15) is 12.0 Å². The summed E-state index contributed by atoms with van der Waals surface area (Å²) in [6.07, 6.45) is 0.300. The van der Waals surface area contributed by atoms with Crippen molar-refractivity contribution < 1.29 is 21.7 Å². The van der Waals surface area contributed by atoms with E-state index in [-0.39, 0.29) is 17.4 Å². The van der Waals surface area contributed by atoms with Gasteiger partial charge in [-0.2, -0.15) is 4.31 Å². The zero-order valence-electron chi connectivity index (χ0n) is 12.2. The summed E-state index contributed by atoms with van der Waals surface area (Å²) in [5.74, 6) is -0.217. The maximum Gasteiger partial charge on any atom is 0.263 e. The summed E-state index contributed by atoms with van der Waals surface area (Å²) in [5.41, 5.74) is 0.965. The molecule has 1 fully saturated rings. The average Bonchev–Trinajstić information content (AvgIpc) is 3.18. The molecule has 2 aromatic rings. The minimum Gasteiger partial charge on any atom is -0.364 e. The fourth-order valence-electron chi connectivity index (χ4n) is 2.82. The number of benzene rings is 1. The van der Waals surface area contributed by atoms with Gasteiger partial charge in [-0.3, -0.25) is 0 Å². The Hall–Kier alpha value is -1.80. The number of nitrogens with zero attached hydrogens (tertiary/aromatic N) is 2. The Morgan fingerprint density at radius 1 is 1.26 bits per heavy atom. The molecule has 0 bridgehead atoms. The Kier molecular flexibility index (Phi) is 4.45. The summed E-state index contributed by atoms with van der Waals surface area (Å²) in [4.78, 5) is 0. The van der Waals surface area contributed by atoms with Crippen molar-refractivity contribution >= 4 is 10.0 Å². The first-order valence-electron chi connectivity index (χ1n) is 7.24. The van der Waals surface area contributed by atoms with Gasteiger partial charge in [0.05, 0.1) is 11.8 Å². The van der Waals surface area contributed by atoms with Gasteiger partial charge in [-0.1, -0.05) is 29.4 Å². The van der Waals surface area contributed by atoms with Crippen LogP contribution in [0, 0.1) is 0 Å². The lowest BCUT2D eigenvalue weighted by Gasteiger charge is -2.22. The molecule has 8 heteroatoms. The first kappa shape index (κ1) is 16.1. The number of rotatable bonds is 5. The van der Waals surface area contributed by atoms with E-state index in [1.54, 1.807) is 6.07 Å². The van der Waals surface area contributed by atoms with Gasteiger partial charge in [0, 0.05) is 18.2 Å². The highest BCUT2D eigenvalue weighted by molar-refractivity contribution is 7.88. The second-order valence-corrected chi connectivity index (χ2v) is 7.41. The molecule has 1 aliphatic heterocycles. The maximum atomic E-state index is 12.6. The van der Waals surface area contributed by atoms with Crippen molar-refractivity contribution in [3.05, 3.63) is 53.4 Å². The normalized spacial score (nSPS) is 19.5. The summed E-state index contributed by atoms with van der Waals surface area (Å²) < 4.78 is 56.6. The third-order valence-corrected chi connectivity index (χ3v) is 5.79. The van der Waals surface area contributed by atoms with Gasteiger partial charge in [0.25, 0.3) is 6.43 Å². The molecule has 2 heterocycles. The molecule has 0 N–H and O–H groups in total. The van der Waals surface area contributed by atoms with Crippen LogP contribution in [0.1, 0.15) is 42.1 Å². The molecule has 1 aliphatic rings. The van der Waals surface area contributed by atoms with Crippen molar-refractivity contribution in [2.75, 3.05) is 6.54 Å². The first-order valence-corrected chi connectivity index (χ1v) is 8.85. The SMILES string of the molecule is O=S(=O)(Cc1ccc(C(F)F)cc1)N1CCC[C@@H]1c1ccon1. The van der Waals surface area contributed by atoms with Crippen LogP contribution in [0.5, 0.6) is 0 Å². The molecule has 0 amide bonds. The quantitative estimate of drug-likeness (QED) is 0.836. The molecule has 1 aromatic heterocycles. The minimum absolute atomic E-state index is 0.118. The molecule has 0 radical (unpaired) electrons. The van der Waals surface area contributed by atoms with Crippen molar-refractivity contribution in [2.45, 2.75) is 31.1 Å². The molecule has 3 rings (SSSR count). The lowest BCUT2D eigenvalue weighted by atomic mass is 10.2. The number of halogens is 2. The summed E-state index contributed by atoms with van der Waals surface area (Å²) in [5, 5.41) is 3.84. The Balaban J connectivity index is 1.78. The van der Waals surface area contributed by atoms with Gasteiger partial charge in [-0.05, 0) is 18.4 Å². The van der Waals surface area contributed by atoms with Crippen molar-refractivity contribution in [1.82, 2.24) is 9.46 Å². The van der Waals surface area contributed by atoms with Crippen molar-refractivity contribution in [3.8, 4) is 0 Å². The van der Waals surface area contributed by atoms with Gasteiger partial charge in [-0.25, -0.2) is 17.2 Å². The standard InChI is InChI=1S/C15H16F2N2O3S/c16-15(17)12-5-3-11(4-6-12)10-23(20,21)19-8-1-2-14(19)13-7-9-22-18-13/h3-7,9,14-15H,1-2,8,10H2/t14-/m1/s1. The molecule has 0 unspecified atom stereocenters. The van der Waals surface area contributed by atoms with Crippen molar-refractivity contribution in [2.24, 2.45) is 0 Å². The van der Waals surface area contributed by atoms with Gasteiger partial charge in [0.2, 0.25) is 10.0 Å². The third kappa shape index (κ3) is 3.42. The van der Waals surface area contributed by atoms with E-state index in [9.17, 15) is 17.2 Å². The number of aromatic nitrogens is 1. The lowest BCUT2D eigenvalue weighted by Crippen LogP contribution is -2.31. The molecule has 1 atom stereocenters. The molecule has 1 aromatic carbocycles. The summed E-state index contributed by atoms with van der Waals surface area (Å²) >= 11 is 0. The topological polar surface area (TPSA) is 63.4 Å². The second kappa shape index (κ2) is 6.37. The van der Waals surface area contributed by atoms with Crippen LogP contribution < -0.4 is 0 Å². The van der Waals surface area contributed by atoms with Crippen molar-refractivity contribution in [1.29, 1.82) is 0 Å². The van der Waals surface area contributed by atoms with Crippen LogP contribution in [0.2, 0.25) is 0 Å². The van der Waals surface area contributed by atoms with E-state index in [1.165, 1.54) is 34.8 Å². The van der Waals surface area contributed by atoms with Gasteiger partial charge in [-0.15, -0.1) is 0 Å². The molecule has 0 saturated carbocycles. The van der Waals surface area contributed by atoms with E-state index in [4.69, 9.17) is 4.52 Å². The number of sulfonamides is 1. The number of hydrogen-bond acceptors (Lipinski definition) is 4. The Morgan fingerprint density at radius 3 is 2.61 bits per heavy atom. The van der Waals surface area contributed by atoms with Crippen LogP contribution in [0.15, 0.2) is 41.1 Å². The molecule has 1 saturated heterocycles. The zero-order valence-corrected chi connectivity index (χ0v) is 13.0. The van der Waals surface area contributed by atoms with Crippen LogP contribution >= 0.6 is 0 Å². The van der Waals surface area contributed by atoms with E-state index in [2.05, 4.69) is 5.16 Å². The third-order valence-electron chi connectivity index (χ3n) is 3.94. The van der Waals surface area contributed by atoms with E-state index in [0.29, 0.717) is 24.2 Å².